The van der Waals surface area contributed by atoms with Gasteiger partial charge in [0, 0.05) is 0 Å². The lowest BCUT2D eigenvalue weighted by molar-refractivity contribution is -0.143. The highest BCUT2D eigenvalue weighted by Gasteiger charge is 2.33. The fourth-order valence-electron chi connectivity index (χ4n) is 3.07. The minimum atomic E-state index is -1.12. The maximum atomic E-state index is 13.0. The number of amides is 3. The summed E-state index contributed by atoms with van der Waals surface area (Å²) in [6.07, 6.45) is 3.29. The van der Waals surface area contributed by atoms with Gasteiger partial charge < -0.3 is 26.8 Å². The largest absolute Gasteiger partial charge is 0.480 e. The summed E-state index contributed by atoms with van der Waals surface area (Å²) in [6.45, 7) is 11.0. The summed E-state index contributed by atoms with van der Waals surface area (Å²) >= 11 is 1.58. The van der Waals surface area contributed by atoms with Crippen LogP contribution in [0.25, 0.3) is 0 Å². The lowest BCUT2D eigenvalue weighted by Crippen LogP contribution is -2.59. The van der Waals surface area contributed by atoms with Crippen molar-refractivity contribution in [1.82, 2.24) is 16.0 Å². The van der Waals surface area contributed by atoms with E-state index in [1.54, 1.807) is 25.6 Å². The highest BCUT2D eigenvalue weighted by Crippen LogP contribution is 2.12. The molecule has 3 amide bonds. The van der Waals surface area contributed by atoms with Crippen LogP contribution in [0, 0.1) is 17.8 Å². The Morgan fingerprint density at radius 2 is 1.44 bits per heavy atom. The summed E-state index contributed by atoms with van der Waals surface area (Å²) in [5.41, 5.74) is 5.92. The number of hydrogen-bond donors (Lipinski definition) is 5. The number of rotatable bonds is 15. The zero-order valence-electron chi connectivity index (χ0n) is 20.4. The van der Waals surface area contributed by atoms with E-state index in [2.05, 4.69) is 16.0 Å². The Bertz CT molecular complexity index is 629. The molecular weight excluding hydrogens is 432 g/mol. The highest BCUT2D eigenvalue weighted by molar-refractivity contribution is 7.98. The molecule has 6 N–H and O–H groups in total. The van der Waals surface area contributed by atoms with Crippen LogP contribution >= 0.6 is 11.8 Å². The molecule has 0 saturated heterocycles. The molecule has 0 aliphatic carbocycles. The Hall–Kier alpha value is -1.81. The van der Waals surface area contributed by atoms with Gasteiger partial charge in [0.1, 0.15) is 18.1 Å². The first kappa shape index (κ1) is 30.2. The van der Waals surface area contributed by atoms with Crippen molar-refractivity contribution in [3.63, 3.8) is 0 Å². The van der Waals surface area contributed by atoms with Gasteiger partial charge in [-0.15, -0.1) is 0 Å². The van der Waals surface area contributed by atoms with Crippen LogP contribution in [0.5, 0.6) is 0 Å². The molecule has 186 valence electrons. The average molecular weight is 475 g/mol. The number of carboxylic acids is 1. The number of thioether (sulfide) groups is 1. The topological polar surface area (TPSA) is 151 Å². The van der Waals surface area contributed by atoms with Gasteiger partial charge in [0.25, 0.3) is 0 Å². The van der Waals surface area contributed by atoms with Gasteiger partial charge in [0.2, 0.25) is 17.7 Å². The number of carbonyl (C=O) groups is 4. The highest BCUT2D eigenvalue weighted by atomic mass is 32.2. The second kappa shape index (κ2) is 15.1. The van der Waals surface area contributed by atoms with Gasteiger partial charge in [-0.1, -0.05) is 48.0 Å². The molecule has 0 aromatic rings. The van der Waals surface area contributed by atoms with Crippen LogP contribution in [0.1, 0.15) is 60.8 Å². The number of carboxylic acid groups (broad SMARTS) is 1. The summed E-state index contributed by atoms with van der Waals surface area (Å²) in [5.74, 6) is -2.26. The van der Waals surface area contributed by atoms with Gasteiger partial charge in [-0.2, -0.15) is 11.8 Å². The first-order valence-corrected chi connectivity index (χ1v) is 12.6. The molecule has 0 aliphatic heterocycles. The lowest BCUT2D eigenvalue weighted by Gasteiger charge is -2.29. The van der Waals surface area contributed by atoms with E-state index in [1.807, 2.05) is 34.0 Å². The predicted molar refractivity (Wildman–Crippen MR) is 128 cm³/mol. The summed E-state index contributed by atoms with van der Waals surface area (Å²) in [5, 5.41) is 17.4. The van der Waals surface area contributed by atoms with Crippen LogP contribution in [-0.2, 0) is 19.2 Å². The van der Waals surface area contributed by atoms with E-state index in [9.17, 15) is 24.3 Å². The molecule has 5 atom stereocenters. The van der Waals surface area contributed by atoms with Crippen LogP contribution in [0.15, 0.2) is 0 Å². The van der Waals surface area contributed by atoms with Gasteiger partial charge in [0.05, 0.1) is 6.04 Å². The third kappa shape index (κ3) is 10.7. The maximum absolute atomic E-state index is 13.0. The summed E-state index contributed by atoms with van der Waals surface area (Å²) in [4.78, 5) is 49.9. The van der Waals surface area contributed by atoms with E-state index >= 15 is 0 Å². The fraction of sp³-hybridized carbons (Fsp3) is 0.818. The lowest BCUT2D eigenvalue weighted by atomic mass is 9.95. The quantitative estimate of drug-likeness (QED) is 0.240. The fourth-order valence-corrected chi connectivity index (χ4v) is 3.56. The maximum Gasteiger partial charge on any atom is 0.326 e. The molecule has 0 bridgehead atoms. The Labute approximate surface area is 196 Å². The normalized spacial score (nSPS) is 16.1. The third-order valence-corrected chi connectivity index (χ3v) is 5.98. The van der Waals surface area contributed by atoms with E-state index in [0.717, 1.165) is 5.75 Å². The Morgan fingerprint density at radius 3 is 1.88 bits per heavy atom. The first-order chi connectivity index (χ1) is 14.8. The Kier molecular flexibility index (Phi) is 14.2. The van der Waals surface area contributed by atoms with Gasteiger partial charge in [-0.25, -0.2) is 4.79 Å². The van der Waals surface area contributed by atoms with E-state index in [1.165, 1.54) is 0 Å². The molecule has 0 saturated carbocycles. The van der Waals surface area contributed by atoms with Crippen molar-refractivity contribution in [2.24, 2.45) is 23.5 Å². The Balaban J connectivity index is 5.43. The van der Waals surface area contributed by atoms with Crippen molar-refractivity contribution in [3.05, 3.63) is 0 Å². The van der Waals surface area contributed by atoms with E-state index in [4.69, 9.17) is 5.73 Å². The predicted octanol–water partition coefficient (Wildman–Crippen LogP) is 1.35. The minimum absolute atomic E-state index is 0.0730. The zero-order chi connectivity index (χ0) is 25.0. The molecular formula is C22H42N4O5S. The number of carbonyl (C=O) groups excluding carboxylic acids is 3. The third-order valence-electron chi connectivity index (χ3n) is 5.33. The van der Waals surface area contributed by atoms with Gasteiger partial charge in [-0.05, 0) is 42.6 Å². The van der Waals surface area contributed by atoms with E-state index in [-0.39, 0.29) is 24.2 Å². The molecule has 0 aliphatic rings. The van der Waals surface area contributed by atoms with Crippen LogP contribution in [0.4, 0.5) is 0 Å². The molecule has 0 aromatic carbocycles. The van der Waals surface area contributed by atoms with Crippen molar-refractivity contribution in [2.75, 3.05) is 12.0 Å². The van der Waals surface area contributed by atoms with Crippen LogP contribution in [0.3, 0.4) is 0 Å². The molecule has 0 rings (SSSR count). The zero-order valence-corrected chi connectivity index (χ0v) is 21.3. The molecule has 9 nitrogen and oxygen atoms in total. The number of nitrogens with two attached hydrogens (primary N) is 1. The molecule has 0 heterocycles. The van der Waals surface area contributed by atoms with Crippen LogP contribution in [0.2, 0.25) is 0 Å². The second-order valence-corrected chi connectivity index (χ2v) is 10.0. The Morgan fingerprint density at radius 1 is 0.906 bits per heavy atom. The molecule has 32 heavy (non-hydrogen) atoms. The summed E-state index contributed by atoms with van der Waals surface area (Å²) in [7, 11) is 0. The van der Waals surface area contributed by atoms with Crippen molar-refractivity contribution < 1.29 is 24.3 Å². The van der Waals surface area contributed by atoms with Gasteiger partial charge >= 0.3 is 5.97 Å². The SMILES string of the molecule is CCC(C)C(NC(=O)C(NC(=O)C(N)CCSC)C(C)C)C(=O)NC(CC(C)C)C(=O)O. The van der Waals surface area contributed by atoms with E-state index in [0.29, 0.717) is 12.8 Å². The molecule has 10 heteroatoms. The molecule has 0 fully saturated rings. The summed E-state index contributed by atoms with van der Waals surface area (Å²) < 4.78 is 0. The summed E-state index contributed by atoms with van der Waals surface area (Å²) in [6, 6.07) is -3.56. The monoisotopic (exact) mass is 474 g/mol. The van der Waals surface area contributed by atoms with Crippen LogP contribution in [-0.4, -0.2) is 65.0 Å². The smallest absolute Gasteiger partial charge is 0.326 e. The standard InChI is InChI=1S/C22H42N4O5S/c1-8-14(6)18(21(29)24-16(22(30)31)11-12(2)3)26-20(28)17(13(4)5)25-19(27)15(23)9-10-32-7/h12-18H,8-11,23H2,1-7H3,(H,24,29)(H,25,27)(H,26,28)(H,30,31). The minimum Gasteiger partial charge on any atom is -0.480 e. The van der Waals surface area contributed by atoms with Crippen molar-refractivity contribution >= 4 is 35.5 Å². The van der Waals surface area contributed by atoms with E-state index < -0.39 is 47.9 Å². The van der Waals surface area contributed by atoms with Crippen molar-refractivity contribution in [2.45, 2.75) is 85.0 Å². The molecule has 0 aromatic heterocycles. The first-order valence-electron chi connectivity index (χ1n) is 11.2. The van der Waals surface area contributed by atoms with Crippen molar-refractivity contribution in [1.29, 1.82) is 0 Å². The molecule has 5 unspecified atom stereocenters. The van der Waals surface area contributed by atoms with Gasteiger partial charge in [-0.3, -0.25) is 14.4 Å². The van der Waals surface area contributed by atoms with Crippen LogP contribution < -0.4 is 21.7 Å². The molecule has 0 radical (unpaired) electrons. The molecule has 0 spiro atoms. The number of aliphatic carboxylic acids is 1. The second-order valence-electron chi connectivity index (χ2n) is 9.02. The number of hydrogen-bond acceptors (Lipinski definition) is 6. The van der Waals surface area contributed by atoms with Crippen molar-refractivity contribution in [3.8, 4) is 0 Å². The van der Waals surface area contributed by atoms with Gasteiger partial charge in [0.15, 0.2) is 0 Å². The number of nitrogens with one attached hydrogen (secondary N) is 3. The average Bonchev–Trinajstić information content (AvgIpc) is 2.71.